The van der Waals surface area contributed by atoms with Crippen LogP contribution in [0.2, 0.25) is 0 Å². The lowest BCUT2D eigenvalue weighted by Crippen LogP contribution is -2.21. The molecule has 1 fully saturated rings. The first kappa shape index (κ1) is 13.8. The van der Waals surface area contributed by atoms with Crippen LogP contribution in [0.25, 0.3) is 0 Å². The van der Waals surface area contributed by atoms with Gasteiger partial charge in [0.25, 0.3) is 0 Å². The zero-order valence-electron chi connectivity index (χ0n) is 11.2. The highest BCUT2D eigenvalue weighted by Crippen LogP contribution is 2.27. The van der Waals surface area contributed by atoms with E-state index in [1.807, 2.05) is 11.8 Å². The van der Waals surface area contributed by atoms with Crippen LogP contribution in [0, 0.1) is 5.92 Å². The fraction of sp³-hybridized carbons (Fsp3) is 0.600. The molecule has 0 aromatic heterocycles. The average Bonchev–Trinajstić information content (AvgIpc) is 2.46. The molecule has 0 radical (unpaired) electrons. The Hall–Kier alpha value is -0.670. The van der Waals surface area contributed by atoms with Gasteiger partial charge >= 0.3 is 0 Å². The molecule has 0 bridgehead atoms. The highest BCUT2D eigenvalue weighted by Gasteiger charge is 2.14. The van der Waals surface area contributed by atoms with Gasteiger partial charge in [-0.25, -0.2) is 0 Å². The van der Waals surface area contributed by atoms with Crippen LogP contribution in [0.4, 0.5) is 0 Å². The Balaban J connectivity index is 1.82. The van der Waals surface area contributed by atoms with Gasteiger partial charge in [-0.1, -0.05) is 12.1 Å². The molecule has 1 aromatic carbocycles. The first-order valence-corrected chi connectivity index (χ1v) is 7.91. The molecule has 2 nitrogen and oxygen atoms in total. The maximum Gasteiger partial charge on any atom is 0.119 e. The summed E-state index contributed by atoms with van der Waals surface area (Å²) >= 11 is 1.87. The van der Waals surface area contributed by atoms with Crippen LogP contribution in [0.5, 0.6) is 5.75 Å². The van der Waals surface area contributed by atoms with Crippen molar-refractivity contribution >= 4 is 11.8 Å². The second-order valence-electron chi connectivity index (χ2n) is 4.81. The molecule has 1 aliphatic rings. The fourth-order valence-corrected chi connectivity index (χ4v) is 2.53. The molecule has 100 valence electrons. The maximum absolute atomic E-state index is 5.85. The summed E-state index contributed by atoms with van der Waals surface area (Å²) in [6, 6.07) is 8.50. The number of thioether (sulfide) groups is 1. The van der Waals surface area contributed by atoms with Gasteiger partial charge in [0.15, 0.2) is 0 Å². The molecule has 1 heterocycles. The van der Waals surface area contributed by atoms with Gasteiger partial charge in [0.2, 0.25) is 0 Å². The minimum atomic E-state index is 0.551. The van der Waals surface area contributed by atoms with Crippen LogP contribution in [-0.2, 0) is 4.74 Å². The summed E-state index contributed by atoms with van der Waals surface area (Å²) < 4.78 is 11.2. The van der Waals surface area contributed by atoms with Crippen LogP contribution < -0.4 is 4.74 Å². The minimum Gasteiger partial charge on any atom is -0.493 e. The summed E-state index contributed by atoms with van der Waals surface area (Å²) in [6.07, 6.45) is 4.39. The van der Waals surface area contributed by atoms with E-state index < -0.39 is 0 Å². The van der Waals surface area contributed by atoms with Crippen LogP contribution in [-0.4, -0.2) is 26.1 Å². The Morgan fingerprint density at radius 1 is 1.28 bits per heavy atom. The van der Waals surface area contributed by atoms with Crippen molar-refractivity contribution in [2.75, 3.05) is 26.1 Å². The van der Waals surface area contributed by atoms with Crippen LogP contribution >= 0.6 is 11.8 Å². The summed E-state index contributed by atoms with van der Waals surface area (Å²) in [5, 5.41) is 0.551. The van der Waals surface area contributed by atoms with Gasteiger partial charge in [-0.3, -0.25) is 0 Å². The smallest absolute Gasteiger partial charge is 0.119 e. The summed E-state index contributed by atoms with van der Waals surface area (Å²) in [7, 11) is 0. The first-order chi connectivity index (χ1) is 8.79. The Labute approximate surface area is 114 Å². The number of ether oxygens (including phenoxy) is 2. The van der Waals surface area contributed by atoms with E-state index in [1.54, 1.807) is 0 Å². The van der Waals surface area contributed by atoms with Crippen LogP contribution in [0.1, 0.15) is 30.6 Å². The molecule has 1 atom stereocenters. The molecule has 18 heavy (non-hydrogen) atoms. The molecule has 0 saturated carbocycles. The maximum atomic E-state index is 5.85. The summed E-state index contributed by atoms with van der Waals surface area (Å²) in [5.41, 5.74) is 1.36. The molecule has 0 spiro atoms. The lowest BCUT2D eigenvalue weighted by atomic mass is 10.0. The molecule has 0 amide bonds. The quantitative estimate of drug-likeness (QED) is 0.805. The second kappa shape index (κ2) is 7.05. The van der Waals surface area contributed by atoms with E-state index >= 15 is 0 Å². The van der Waals surface area contributed by atoms with Crippen LogP contribution in [0.3, 0.4) is 0 Å². The van der Waals surface area contributed by atoms with Crippen molar-refractivity contribution in [3.05, 3.63) is 29.8 Å². The van der Waals surface area contributed by atoms with Crippen molar-refractivity contribution in [3.8, 4) is 5.75 Å². The number of hydrogen-bond acceptors (Lipinski definition) is 3. The third-order valence-electron chi connectivity index (χ3n) is 3.53. The Morgan fingerprint density at radius 3 is 2.56 bits per heavy atom. The third kappa shape index (κ3) is 3.92. The molecule has 2 rings (SSSR count). The predicted octanol–water partition coefficient (Wildman–Crippen LogP) is 3.92. The van der Waals surface area contributed by atoms with Gasteiger partial charge in [0.1, 0.15) is 5.75 Å². The predicted molar refractivity (Wildman–Crippen MR) is 77.4 cm³/mol. The van der Waals surface area contributed by atoms with E-state index in [0.29, 0.717) is 11.2 Å². The molecule has 3 heteroatoms. The van der Waals surface area contributed by atoms with E-state index in [1.165, 1.54) is 5.56 Å². The van der Waals surface area contributed by atoms with Gasteiger partial charge in [-0.2, -0.15) is 11.8 Å². The van der Waals surface area contributed by atoms with Crippen LogP contribution in [0.15, 0.2) is 24.3 Å². The van der Waals surface area contributed by atoms with Crippen molar-refractivity contribution in [2.45, 2.75) is 25.0 Å². The lowest BCUT2D eigenvalue weighted by molar-refractivity contribution is 0.0497. The summed E-state index contributed by atoms with van der Waals surface area (Å²) in [5.74, 6) is 1.64. The second-order valence-corrected chi connectivity index (χ2v) is 5.99. The van der Waals surface area contributed by atoms with Crippen molar-refractivity contribution in [2.24, 2.45) is 5.92 Å². The Morgan fingerprint density at radius 2 is 1.94 bits per heavy atom. The van der Waals surface area contributed by atoms with Crippen molar-refractivity contribution in [1.82, 2.24) is 0 Å². The largest absolute Gasteiger partial charge is 0.493 e. The molecule has 1 aliphatic heterocycles. The highest BCUT2D eigenvalue weighted by molar-refractivity contribution is 7.98. The van der Waals surface area contributed by atoms with E-state index in [0.717, 1.165) is 38.4 Å². The Kier molecular flexibility index (Phi) is 5.39. The summed E-state index contributed by atoms with van der Waals surface area (Å²) in [6.45, 7) is 4.82. The van der Waals surface area contributed by atoms with E-state index in [-0.39, 0.29) is 0 Å². The van der Waals surface area contributed by atoms with E-state index in [4.69, 9.17) is 9.47 Å². The third-order valence-corrected chi connectivity index (χ3v) is 4.51. The standard InChI is InChI=1S/C15H22O2S/c1-12(18-2)14-3-5-15(6-4-14)17-11-13-7-9-16-10-8-13/h3-6,12-13H,7-11H2,1-2H3. The fourth-order valence-electron chi connectivity index (χ4n) is 2.10. The number of hydrogen-bond donors (Lipinski definition) is 0. The van der Waals surface area contributed by atoms with Gasteiger partial charge in [0.05, 0.1) is 6.61 Å². The average molecular weight is 266 g/mol. The molecule has 0 aliphatic carbocycles. The van der Waals surface area contributed by atoms with E-state index in [9.17, 15) is 0 Å². The molecule has 1 aromatic rings. The Bertz CT molecular complexity index is 344. The summed E-state index contributed by atoms with van der Waals surface area (Å²) in [4.78, 5) is 0. The van der Waals surface area contributed by atoms with Crippen molar-refractivity contribution in [1.29, 1.82) is 0 Å². The first-order valence-electron chi connectivity index (χ1n) is 6.63. The van der Waals surface area contributed by atoms with Crippen molar-refractivity contribution in [3.63, 3.8) is 0 Å². The van der Waals surface area contributed by atoms with E-state index in [2.05, 4.69) is 37.4 Å². The zero-order valence-corrected chi connectivity index (χ0v) is 12.0. The number of rotatable bonds is 5. The monoisotopic (exact) mass is 266 g/mol. The molecule has 1 unspecified atom stereocenters. The van der Waals surface area contributed by atoms with Gasteiger partial charge < -0.3 is 9.47 Å². The normalized spacial score (nSPS) is 18.6. The minimum absolute atomic E-state index is 0.551. The lowest BCUT2D eigenvalue weighted by Gasteiger charge is -2.22. The molecule has 0 N–H and O–H groups in total. The zero-order chi connectivity index (χ0) is 12.8. The van der Waals surface area contributed by atoms with Gasteiger partial charge in [0, 0.05) is 18.5 Å². The SMILES string of the molecule is CSC(C)c1ccc(OCC2CCOCC2)cc1. The van der Waals surface area contributed by atoms with Gasteiger partial charge in [-0.05, 0) is 49.6 Å². The number of benzene rings is 1. The molecule has 1 saturated heterocycles. The highest BCUT2D eigenvalue weighted by atomic mass is 32.2. The topological polar surface area (TPSA) is 18.5 Å². The van der Waals surface area contributed by atoms with Crippen molar-refractivity contribution < 1.29 is 9.47 Å². The molecular weight excluding hydrogens is 244 g/mol. The van der Waals surface area contributed by atoms with Gasteiger partial charge in [-0.15, -0.1) is 0 Å². The molecular formula is C15H22O2S.